The van der Waals surface area contributed by atoms with Crippen LogP contribution in [0.4, 0.5) is 4.79 Å². The Morgan fingerprint density at radius 3 is 2.46 bits per heavy atom. The topological polar surface area (TPSA) is 58.6 Å². The Kier molecular flexibility index (Phi) is 7.28. The van der Waals surface area contributed by atoms with Gasteiger partial charge in [0.2, 0.25) is 0 Å². The Labute approximate surface area is 169 Å². The molecule has 2 aromatic rings. The predicted octanol–water partition coefficient (Wildman–Crippen LogP) is 3.95. The van der Waals surface area contributed by atoms with Crippen LogP contribution in [0.15, 0.2) is 59.5 Å². The lowest BCUT2D eigenvalue weighted by Gasteiger charge is -2.17. The molecule has 146 valence electrons. The van der Waals surface area contributed by atoms with Crippen LogP contribution in [0, 0.1) is 0 Å². The molecule has 0 aliphatic carbocycles. The lowest BCUT2D eigenvalue weighted by atomic mass is 10.1. The second kappa shape index (κ2) is 10.1. The van der Waals surface area contributed by atoms with Crippen LogP contribution in [0.5, 0.6) is 5.75 Å². The van der Waals surface area contributed by atoms with Gasteiger partial charge in [0.1, 0.15) is 12.4 Å². The van der Waals surface area contributed by atoms with Crippen LogP contribution in [0.2, 0.25) is 0 Å². The van der Waals surface area contributed by atoms with Crippen LogP contribution in [-0.2, 0) is 11.2 Å². The second-order valence-electron chi connectivity index (χ2n) is 6.66. The fourth-order valence-electron chi connectivity index (χ4n) is 2.86. The third kappa shape index (κ3) is 6.25. The molecule has 1 heterocycles. The van der Waals surface area contributed by atoms with E-state index in [0.717, 1.165) is 49.0 Å². The number of nitrogens with one attached hydrogen (secondary N) is 1. The van der Waals surface area contributed by atoms with E-state index in [2.05, 4.69) is 41.5 Å². The van der Waals surface area contributed by atoms with E-state index in [-0.39, 0.29) is 11.1 Å². The van der Waals surface area contributed by atoms with Crippen molar-refractivity contribution >= 4 is 29.0 Å². The van der Waals surface area contributed by atoms with Gasteiger partial charge in [-0.15, -0.1) is 0 Å². The summed E-state index contributed by atoms with van der Waals surface area (Å²) in [7, 11) is 2.11. The summed E-state index contributed by atoms with van der Waals surface area (Å²) in [6.07, 6.45) is 3.91. The summed E-state index contributed by atoms with van der Waals surface area (Å²) < 4.78 is 5.80. The van der Waals surface area contributed by atoms with Gasteiger partial charge in [-0.25, -0.2) is 0 Å². The number of nitrogens with zero attached hydrogens (tertiary/aromatic N) is 1. The maximum Gasteiger partial charge on any atom is 0.290 e. The highest BCUT2D eigenvalue weighted by Crippen LogP contribution is 2.26. The monoisotopic (exact) mass is 396 g/mol. The number of amides is 2. The first-order valence-electron chi connectivity index (χ1n) is 9.30. The molecule has 1 aliphatic heterocycles. The molecule has 1 aliphatic rings. The number of thioether (sulfide) groups is 1. The highest BCUT2D eigenvalue weighted by molar-refractivity contribution is 8.18. The number of aryl methyl sites for hydroxylation is 1. The second-order valence-corrected chi connectivity index (χ2v) is 7.68. The zero-order valence-electron chi connectivity index (χ0n) is 15.9. The molecule has 3 rings (SSSR count). The molecule has 0 radical (unpaired) electrons. The first kappa shape index (κ1) is 20.2. The lowest BCUT2D eigenvalue weighted by molar-refractivity contribution is -0.115. The first-order valence-corrected chi connectivity index (χ1v) is 10.1. The van der Waals surface area contributed by atoms with Crippen LogP contribution < -0.4 is 10.1 Å². The summed E-state index contributed by atoms with van der Waals surface area (Å²) in [6, 6.07) is 18.0. The number of hydrogen-bond donors (Lipinski definition) is 1. The van der Waals surface area contributed by atoms with E-state index in [9.17, 15) is 9.59 Å². The van der Waals surface area contributed by atoms with Crippen molar-refractivity contribution in [1.29, 1.82) is 0 Å². The van der Waals surface area contributed by atoms with Crippen molar-refractivity contribution < 1.29 is 14.3 Å². The number of imide groups is 1. The van der Waals surface area contributed by atoms with Crippen LogP contribution in [0.3, 0.4) is 0 Å². The van der Waals surface area contributed by atoms with E-state index in [1.54, 1.807) is 6.08 Å². The predicted molar refractivity (Wildman–Crippen MR) is 113 cm³/mol. The highest BCUT2D eigenvalue weighted by atomic mass is 32.2. The quantitative estimate of drug-likeness (QED) is 0.651. The van der Waals surface area contributed by atoms with Crippen molar-refractivity contribution in [3.05, 3.63) is 70.6 Å². The van der Waals surface area contributed by atoms with Crippen molar-refractivity contribution in [2.75, 3.05) is 26.7 Å². The zero-order valence-corrected chi connectivity index (χ0v) is 16.7. The summed E-state index contributed by atoms with van der Waals surface area (Å²) in [5.74, 6) is 0.449. The molecule has 2 amide bonds. The summed E-state index contributed by atoms with van der Waals surface area (Å²) in [5.41, 5.74) is 2.23. The van der Waals surface area contributed by atoms with E-state index >= 15 is 0 Å². The molecule has 1 saturated heterocycles. The summed E-state index contributed by atoms with van der Waals surface area (Å²) in [5, 5.41) is 1.92. The van der Waals surface area contributed by atoms with E-state index in [1.807, 2.05) is 30.3 Å². The summed E-state index contributed by atoms with van der Waals surface area (Å²) >= 11 is 0.919. The third-order valence-corrected chi connectivity index (χ3v) is 5.22. The molecular formula is C22H24N2O3S. The van der Waals surface area contributed by atoms with Gasteiger partial charge in [0.25, 0.3) is 11.1 Å². The number of hydrogen-bond acceptors (Lipinski definition) is 5. The molecule has 1 N–H and O–H groups in total. The molecule has 0 bridgehead atoms. The van der Waals surface area contributed by atoms with Gasteiger partial charge in [-0.1, -0.05) is 42.5 Å². The van der Waals surface area contributed by atoms with Gasteiger partial charge in [0.15, 0.2) is 0 Å². The number of rotatable bonds is 9. The molecule has 0 aromatic heterocycles. The van der Waals surface area contributed by atoms with Crippen LogP contribution in [0.1, 0.15) is 17.5 Å². The molecule has 6 heteroatoms. The summed E-state index contributed by atoms with van der Waals surface area (Å²) in [4.78, 5) is 25.4. The van der Waals surface area contributed by atoms with Crippen molar-refractivity contribution in [2.45, 2.75) is 12.8 Å². The Balaban J connectivity index is 1.37. The molecule has 0 saturated carbocycles. The first-order chi connectivity index (χ1) is 13.6. The molecule has 5 nitrogen and oxygen atoms in total. The van der Waals surface area contributed by atoms with Gasteiger partial charge in [-0.2, -0.15) is 0 Å². The number of carbonyl (C=O) groups excluding carboxylic acids is 2. The average Bonchev–Trinajstić information content (AvgIpc) is 3.01. The Hall–Kier alpha value is -2.57. The van der Waals surface area contributed by atoms with Crippen molar-refractivity contribution in [3.63, 3.8) is 0 Å². The maximum atomic E-state index is 11.6. The third-order valence-electron chi connectivity index (χ3n) is 4.41. The van der Waals surface area contributed by atoms with Gasteiger partial charge < -0.3 is 9.64 Å². The van der Waals surface area contributed by atoms with E-state index < -0.39 is 0 Å². The largest absolute Gasteiger partial charge is 0.492 e. The fourth-order valence-corrected chi connectivity index (χ4v) is 3.54. The van der Waals surface area contributed by atoms with Crippen LogP contribution >= 0.6 is 11.8 Å². The zero-order chi connectivity index (χ0) is 19.8. The smallest absolute Gasteiger partial charge is 0.290 e. The van der Waals surface area contributed by atoms with Gasteiger partial charge in [-0.05, 0) is 67.5 Å². The maximum absolute atomic E-state index is 11.6. The normalized spacial score (nSPS) is 15.3. The Bertz CT molecular complexity index is 835. The Morgan fingerprint density at radius 2 is 1.79 bits per heavy atom. The number of likely N-dealkylation sites (N-methyl/N-ethyl adjacent to an activating group) is 1. The van der Waals surface area contributed by atoms with E-state index in [1.165, 1.54) is 5.56 Å². The van der Waals surface area contributed by atoms with E-state index in [0.29, 0.717) is 11.5 Å². The molecular weight excluding hydrogens is 372 g/mol. The Morgan fingerprint density at radius 1 is 1.04 bits per heavy atom. The molecule has 2 aromatic carbocycles. The number of ether oxygens (including phenoxy) is 1. The van der Waals surface area contributed by atoms with Gasteiger partial charge in [-0.3, -0.25) is 14.9 Å². The molecule has 28 heavy (non-hydrogen) atoms. The summed E-state index contributed by atoms with van der Waals surface area (Å²) in [6.45, 7) is 2.51. The highest BCUT2D eigenvalue weighted by Gasteiger charge is 2.24. The van der Waals surface area contributed by atoms with Crippen molar-refractivity contribution in [3.8, 4) is 5.75 Å². The van der Waals surface area contributed by atoms with Crippen molar-refractivity contribution in [2.24, 2.45) is 0 Å². The standard InChI is InChI=1S/C22H24N2O3S/c1-24(13-5-8-17-6-3-2-4-7-17)14-15-27-19-11-9-18(10-12-19)16-20-21(25)23-22(26)28-20/h2-4,6-7,9-12,16H,5,8,13-15H2,1H3,(H,23,25,26)/b20-16-. The molecule has 0 spiro atoms. The van der Waals surface area contributed by atoms with Gasteiger partial charge in [0, 0.05) is 6.54 Å². The minimum atomic E-state index is -0.342. The lowest BCUT2D eigenvalue weighted by Crippen LogP contribution is -2.25. The minimum Gasteiger partial charge on any atom is -0.492 e. The average molecular weight is 397 g/mol. The molecule has 0 unspecified atom stereocenters. The molecule has 0 atom stereocenters. The number of carbonyl (C=O) groups is 2. The van der Waals surface area contributed by atoms with E-state index in [4.69, 9.17) is 4.74 Å². The van der Waals surface area contributed by atoms with Gasteiger partial charge >= 0.3 is 0 Å². The SMILES string of the molecule is CN(CCCc1ccccc1)CCOc1ccc(/C=C2\SC(=O)NC2=O)cc1. The van der Waals surface area contributed by atoms with Crippen molar-refractivity contribution in [1.82, 2.24) is 10.2 Å². The van der Waals surface area contributed by atoms with Gasteiger partial charge in [0.05, 0.1) is 4.91 Å². The number of benzene rings is 2. The van der Waals surface area contributed by atoms with Crippen LogP contribution in [0.25, 0.3) is 6.08 Å². The van der Waals surface area contributed by atoms with Crippen LogP contribution in [-0.4, -0.2) is 42.8 Å². The molecule has 1 fully saturated rings. The minimum absolute atomic E-state index is 0.330. The fraction of sp³-hybridized carbons (Fsp3) is 0.273.